The van der Waals surface area contributed by atoms with Gasteiger partial charge in [-0.05, 0) is 28.1 Å². The van der Waals surface area contributed by atoms with Gasteiger partial charge in [0.05, 0.1) is 22.3 Å². The minimum atomic E-state index is 0. The first-order valence-corrected chi connectivity index (χ1v) is 6.99. The van der Waals surface area contributed by atoms with E-state index in [0.29, 0.717) is 6.42 Å². The van der Waals surface area contributed by atoms with Crippen LogP contribution in [0.1, 0.15) is 17.3 Å². The third kappa shape index (κ3) is 4.69. The van der Waals surface area contributed by atoms with E-state index in [-0.39, 0.29) is 30.9 Å². The molecule has 2 heterocycles. The zero-order valence-corrected chi connectivity index (χ0v) is 13.8. The first-order chi connectivity index (χ1) is 7.81. The first-order valence-electron chi connectivity index (χ1n) is 5.38. The van der Waals surface area contributed by atoms with E-state index in [1.54, 1.807) is 11.3 Å². The second-order valence-electron chi connectivity index (χ2n) is 3.81. The van der Waals surface area contributed by atoms with Gasteiger partial charge in [0, 0.05) is 31.1 Å². The lowest BCUT2D eigenvalue weighted by molar-refractivity contribution is 0.178. The molecule has 0 amide bonds. The molecule has 1 N–H and O–H groups in total. The minimum absolute atomic E-state index is 0. The van der Waals surface area contributed by atoms with Gasteiger partial charge in [-0.1, -0.05) is 0 Å². The number of piperazine rings is 1. The van der Waals surface area contributed by atoms with Gasteiger partial charge in [0.1, 0.15) is 0 Å². The fraction of sp³-hybridized carbons (Fsp3) is 0.545. The zero-order valence-electron chi connectivity index (χ0n) is 9.76. The number of nitriles is 1. The van der Waals surface area contributed by atoms with E-state index in [1.165, 1.54) is 4.88 Å². The van der Waals surface area contributed by atoms with Crippen molar-refractivity contribution in [1.82, 2.24) is 10.2 Å². The van der Waals surface area contributed by atoms with Crippen LogP contribution in [-0.4, -0.2) is 31.1 Å². The molecule has 0 saturated carbocycles. The summed E-state index contributed by atoms with van der Waals surface area (Å²) in [5.41, 5.74) is 0. The average Bonchev–Trinajstić information content (AvgIpc) is 2.74. The normalized spacial score (nSPS) is 17.1. The lowest BCUT2D eigenvalue weighted by Gasteiger charge is -2.33. The van der Waals surface area contributed by atoms with E-state index in [9.17, 15) is 0 Å². The fourth-order valence-electron chi connectivity index (χ4n) is 2.00. The Labute approximate surface area is 132 Å². The molecule has 1 aliphatic rings. The summed E-state index contributed by atoms with van der Waals surface area (Å²) in [7, 11) is 0. The number of hydrogen-bond acceptors (Lipinski definition) is 4. The van der Waals surface area contributed by atoms with E-state index in [0.717, 1.165) is 30.0 Å². The Balaban J connectivity index is 0.00000144. The third-order valence-corrected chi connectivity index (χ3v) is 4.52. The largest absolute Gasteiger partial charge is 0.314 e. The summed E-state index contributed by atoms with van der Waals surface area (Å²) < 4.78 is 1.14. The molecule has 1 aromatic heterocycles. The molecule has 1 atom stereocenters. The first kappa shape index (κ1) is 18.2. The Morgan fingerprint density at radius 3 is 2.56 bits per heavy atom. The van der Waals surface area contributed by atoms with E-state index < -0.39 is 0 Å². The summed E-state index contributed by atoms with van der Waals surface area (Å²) in [6, 6.07) is 6.76. The molecule has 102 valence electrons. The van der Waals surface area contributed by atoms with Gasteiger partial charge in [0.25, 0.3) is 0 Å². The molecule has 1 saturated heterocycles. The smallest absolute Gasteiger partial charge is 0.0701 e. The molecule has 18 heavy (non-hydrogen) atoms. The number of nitrogens with zero attached hydrogens (tertiary/aromatic N) is 2. The lowest BCUT2D eigenvalue weighted by atomic mass is 10.1. The number of thiophene rings is 1. The van der Waals surface area contributed by atoms with Crippen LogP contribution in [0.5, 0.6) is 0 Å². The van der Waals surface area contributed by atoms with Crippen molar-refractivity contribution >= 4 is 52.1 Å². The van der Waals surface area contributed by atoms with Crippen LogP contribution in [0.15, 0.2) is 15.9 Å². The molecule has 0 bridgehead atoms. The zero-order chi connectivity index (χ0) is 11.4. The van der Waals surface area contributed by atoms with Gasteiger partial charge in [0.15, 0.2) is 0 Å². The molecule has 2 rings (SSSR count). The van der Waals surface area contributed by atoms with Crippen molar-refractivity contribution in [2.75, 3.05) is 26.2 Å². The molecule has 3 nitrogen and oxygen atoms in total. The summed E-state index contributed by atoms with van der Waals surface area (Å²) in [6.45, 7) is 4.10. The quantitative estimate of drug-likeness (QED) is 0.885. The second-order valence-corrected chi connectivity index (χ2v) is 6.30. The molecular formula is C11H16BrCl2N3S. The van der Waals surface area contributed by atoms with E-state index in [2.05, 4.69) is 44.3 Å². The van der Waals surface area contributed by atoms with Crippen molar-refractivity contribution in [3.05, 3.63) is 20.8 Å². The Morgan fingerprint density at radius 2 is 2.06 bits per heavy atom. The Kier molecular flexibility index (Phi) is 9.22. The van der Waals surface area contributed by atoms with Crippen molar-refractivity contribution in [3.8, 4) is 6.07 Å². The predicted molar refractivity (Wildman–Crippen MR) is 83.9 cm³/mol. The Bertz CT molecular complexity index is 388. The van der Waals surface area contributed by atoms with Crippen LogP contribution in [0.25, 0.3) is 0 Å². The minimum Gasteiger partial charge on any atom is -0.314 e. The van der Waals surface area contributed by atoms with Crippen molar-refractivity contribution in [3.63, 3.8) is 0 Å². The second kappa shape index (κ2) is 9.13. The molecule has 0 aliphatic carbocycles. The van der Waals surface area contributed by atoms with Crippen LogP contribution < -0.4 is 5.32 Å². The molecule has 0 aromatic carbocycles. The molecule has 0 unspecified atom stereocenters. The fourth-order valence-corrected chi connectivity index (χ4v) is 3.56. The van der Waals surface area contributed by atoms with Crippen LogP contribution in [0.3, 0.4) is 0 Å². The number of rotatable bonds is 3. The molecule has 1 aliphatic heterocycles. The SMILES string of the molecule is Cl.Cl.N#CC[C@H](c1ccc(Br)s1)N1CCNCC1. The van der Waals surface area contributed by atoms with Gasteiger partial charge in [-0.2, -0.15) is 5.26 Å². The average molecular weight is 373 g/mol. The van der Waals surface area contributed by atoms with Gasteiger partial charge >= 0.3 is 0 Å². The lowest BCUT2D eigenvalue weighted by Crippen LogP contribution is -2.44. The predicted octanol–water partition coefficient (Wildman–Crippen LogP) is 3.21. The monoisotopic (exact) mass is 371 g/mol. The maximum atomic E-state index is 8.94. The van der Waals surface area contributed by atoms with Crippen LogP contribution in [-0.2, 0) is 0 Å². The maximum absolute atomic E-state index is 8.94. The highest BCUT2D eigenvalue weighted by molar-refractivity contribution is 9.11. The summed E-state index contributed by atoms with van der Waals surface area (Å²) in [4.78, 5) is 3.69. The Hall–Kier alpha value is 0.170. The van der Waals surface area contributed by atoms with Crippen molar-refractivity contribution in [2.24, 2.45) is 0 Å². The van der Waals surface area contributed by atoms with Crippen molar-refractivity contribution in [2.45, 2.75) is 12.5 Å². The van der Waals surface area contributed by atoms with Crippen LogP contribution >= 0.6 is 52.1 Å². The van der Waals surface area contributed by atoms with Crippen molar-refractivity contribution in [1.29, 1.82) is 5.26 Å². The van der Waals surface area contributed by atoms with Gasteiger partial charge in [-0.3, -0.25) is 4.90 Å². The highest BCUT2D eigenvalue weighted by Gasteiger charge is 2.23. The van der Waals surface area contributed by atoms with Crippen LogP contribution in [0, 0.1) is 11.3 Å². The summed E-state index contributed by atoms with van der Waals surface area (Å²) >= 11 is 5.21. The Morgan fingerprint density at radius 1 is 1.39 bits per heavy atom. The number of nitrogens with one attached hydrogen (secondary N) is 1. The van der Waals surface area contributed by atoms with E-state index >= 15 is 0 Å². The topological polar surface area (TPSA) is 39.1 Å². The third-order valence-electron chi connectivity index (χ3n) is 2.80. The van der Waals surface area contributed by atoms with Gasteiger partial charge in [-0.25, -0.2) is 0 Å². The van der Waals surface area contributed by atoms with Gasteiger partial charge < -0.3 is 5.32 Å². The van der Waals surface area contributed by atoms with Gasteiger partial charge in [0.2, 0.25) is 0 Å². The van der Waals surface area contributed by atoms with Crippen LogP contribution in [0.2, 0.25) is 0 Å². The summed E-state index contributed by atoms with van der Waals surface area (Å²) in [6.07, 6.45) is 0.576. The molecule has 7 heteroatoms. The summed E-state index contributed by atoms with van der Waals surface area (Å²) in [5.74, 6) is 0. The molecule has 0 spiro atoms. The number of hydrogen-bond donors (Lipinski definition) is 1. The highest BCUT2D eigenvalue weighted by atomic mass is 79.9. The van der Waals surface area contributed by atoms with Gasteiger partial charge in [-0.15, -0.1) is 36.2 Å². The highest BCUT2D eigenvalue weighted by Crippen LogP contribution is 2.32. The van der Waals surface area contributed by atoms with E-state index in [4.69, 9.17) is 5.26 Å². The van der Waals surface area contributed by atoms with E-state index in [1.807, 2.05) is 0 Å². The summed E-state index contributed by atoms with van der Waals surface area (Å²) in [5, 5.41) is 12.3. The maximum Gasteiger partial charge on any atom is 0.0701 e. The molecule has 1 fully saturated rings. The van der Waals surface area contributed by atoms with Crippen molar-refractivity contribution < 1.29 is 0 Å². The number of halogens is 3. The standard InChI is InChI=1S/C11H14BrN3S.2ClH/c12-11-2-1-10(16-11)9(3-4-13)15-7-5-14-6-8-15;;/h1-2,9,14H,3,5-8H2;2*1H/t9-;;/m1../s1. The molecule has 0 radical (unpaired) electrons. The molecule has 1 aromatic rings. The molecular weight excluding hydrogens is 357 g/mol. The van der Waals surface area contributed by atoms with Crippen LogP contribution in [0.4, 0.5) is 0 Å².